The average molecular weight is 192 g/mol. The molecule has 0 radical (unpaired) electrons. The minimum atomic E-state index is -0.00236. The summed E-state index contributed by atoms with van der Waals surface area (Å²) >= 11 is 0. The number of H-pyrrole nitrogens is 1. The summed E-state index contributed by atoms with van der Waals surface area (Å²) in [5.41, 5.74) is 1.71. The van der Waals surface area contributed by atoms with Crippen molar-refractivity contribution < 1.29 is 4.79 Å². The molecule has 0 saturated carbocycles. The van der Waals surface area contributed by atoms with E-state index in [2.05, 4.69) is 30.7 Å². The fourth-order valence-electron chi connectivity index (χ4n) is 1.72. The van der Waals surface area contributed by atoms with Gasteiger partial charge >= 0.3 is 0 Å². The standard InChI is InChI=1S/C11H16N2O/c1-11(2,3)10-12-7-5-4-6-8(14)9(7)13-10/h4-6H2,1-3H3,(H,12,13). The number of carbonyl (C=O) groups excluding carboxylic acids is 1. The molecule has 3 nitrogen and oxygen atoms in total. The fourth-order valence-corrected chi connectivity index (χ4v) is 1.72. The number of nitrogens with one attached hydrogen (secondary N) is 1. The zero-order valence-corrected chi connectivity index (χ0v) is 8.98. The Labute approximate surface area is 83.9 Å². The second-order valence-electron chi connectivity index (χ2n) is 4.94. The molecule has 0 atom stereocenters. The van der Waals surface area contributed by atoms with Crippen LogP contribution in [0.5, 0.6) is 0 Å². The molecule has 2 rings (SSSR count). The molecule has 0 amide bonds. The highest BCUT2D eigenvalue weighted by Crippen LogP contribution is 2.25. The number of ketones is 1. The number of fused-ring (bicyclic) bond motifs is 1. The van der Waals surface area contributed by atoms with E-state index in [9.17, 15) is 4.79 Å². The molecular weight excluding hydrogens is 176 g/mol. The highest BCUT2D eigenvalue weighted by Gasteiger charge is 2.26. The summed E-state index contributed by atoms with van der Waals surface area (Å²) in [6, 6.07) is 0. The van der Waals surface area contributed by atoms with Gasteiger partial charge in [0.15, 0.2) is 5.78 Å². The van der Waals surface area contributed by atoms with Crippen LogP contribution in [-0.2, 0) is 11.8 Å². The first-order chi connectivity index (χ1) is 6.48. The Morgan fingerprint density at radius 1 is 1.29 bits per heavy atom. The quantitative estimate of drug-likeness (QED) is 0.685. The number of carbonyl (C=O) groups is 1. The zero-order valence-electron chi connectivity index (χ0n) is 8.98. The molecule has 1 aliphatic rings. The number of aromatic amines is 1. The molecule has 76 valence electrons. The van der Waals surface area contributed by atoms with E-state index < -0.39 is 0 Å². The molecule has 0 saturated heterocycles. The lowest BCUT2D eigenvalue weighted by molar-refractivity contribution is 0.0967. The van der Waals surface area contributed by atoms with Gasteiger partial charge in [0.05, 0.1) is 0 Å². The van der Waals surface area contributed by atoms with Crippen LogP contribution in [0.15, 0.2) is 0 Å². The molecule has 0 unspecified atom stereocenters. The van der Waals surface area contributed by atoms with Crippen molar-refractivity contribution in [3.05, 3.63) is 17.2 Å². The summed E-state index contributed by atoms with van der Waals surface area (Å²) in [6.07, 6.45) is 2.57. The van der Waals surface area contributed by atoms with Crippen molar-refractivity contribution in [1.82, 2.24) is 9.97 Å². The molecule has 1 N–H and O–H groups in total. The van der Waals surface area contributed by atoms with Crippen LogP contribution in [0.2, 0.25) is 0 Å². The maximum absolute atomic E-state index is 11.5. The normalized spacial score (nSPS) is 16.9. The third-order valence-corrected chi connectivity index (χ3v) is 2.58. The summed E-state index contributed by atoms with van der Waals surface area (Å²) in [4.78, 5) is 19.2. The van der Waals surface area contributed by atoms with Crippen LogP contribution in [0.1, 0.15) is 55.6 Å². The molecule has 14 heavy (non-hydrogen) atoms. The van der Waals surface area contributed by atoms with Crippen LogP contribution in [-0.4, -0.2) is 15.8 Å². The van der Waals surface area contributed by atoms with Gasteiger partial charge in [-0.25, -0.2) is 4.98 Å². The van der Waals surface area contributed by atoms with Crippen molar-refractivity contribution in [2.24, 2.45) is 0 Å². The number of aromatic nitrogens is 2. The van der Waals surface area contributed by atoms with Gasteiger partial charge in [0, 0.05) is 17.5 Å². The smallest absolute Gasteiger partial charge is 0.183 e. The van der Waals surface area contributed by atoms with Crippen molar-refractivity contribution in [2.45, 2.75) is 45.4 Å². The molecule has 0 spiro atoms. The van der Waals surface area contributed by atoms with Crippen molar-refractivity contribution in [1.29, 1.82) is 0 Å². The van der Waals surface area contributed by atoms with Gasteiger partial charge in [-0.15, -0.1) is 0 Å². The van der Waals surface area contributed by atoms with Crippen LogP contribution in [0.3, 0.4) is 0 Å². The fraction of sp³-hybridized carbons (Fsp3) is 0.636. The number of Topliss-reactive ketones (excluding diaryl/α,β-unsaturated/α-hetero) is 1. The number of hydrogen-bond acceptors (Lipinski definition) is 2. The topological polar surface area (TPSA) is 45.8 Å². The van der Waals surface area contributed by atoms with Gasteiger partial charge < -0.3 is 4.98 Å². The predicted octanol–water partition coefficient (Wildman–Crippen LogP) is 2.23. The number of hydrogen-bond donors (Lipinski definition) is 1. The summed E-state index contributed by atoms with van der Waals surface area (Å²) in [7, 11) is 0. The maximum Gasteiger partial charge on any atom is 0.183 e. The van der Waals surface area contributed by atoms with Crippen LogP contribution < -0.4 is 0 Å². The average Bonchev–Trinajstić information content (AvgIpc) is 2.48. The minimum Gasteiger partial charge on any atom is -0.345 e. The Morgan fingerprint density at radius 2 is 2.00 bits per heavy atom. The molecule has 1 heterocycles. The molecule has 3 heteroatoms. The highest BCUT2D eigenvalue weighted by molar-refractivity contribution is 5.96. The lowest BCUT2D eigenvalue weighted by Crippen LogP contribution is -2.13. The first-order valence-electron chi connectivity index (χ1n) is 5.11. The molecule has 1 aromatic heterocycles. The predicted molar refractivity (Wildman–Crippen MR) is 54.6 cm³/mol. The van der Waals surface area contributed by atoms with E-state index in [1.807, 2.05) is 0 Å². The molecule has 0 fully saturated rings. The summed E-state index contributed by atoms with van der Waals surface area (Å²) < 4.78 is 0. The Bertz CT molecular complexity index is 371. The number of nitrogens with zero attached hydrogens (tertiary/aromatic N) is 1. The van der Waals surface area contributed by atoms with E-state index in [-0.39, 0.29) is 11.2 Å². The Kier molecular flexibility index (Phi) is 1.98. The largest absolute Gasteiger partial charge is 0.345 e. The number of rotatable bonds is 0. The van der Waals surface area contributed by atoms with Gasteiger partial charge in [-0.2, -0.15) is 0 Å². The van der Waals surface area contributed by atoms with Crippen LogP contribution >= 0.6 is 0 Å². The van der Waals surface area contributed by atoms with Gasteiger partial charge in [0.1, 0.15) is 11.5 Å². The first-order valence-corrected chi connectivity index (χ1v) is 5.11. The molecule has 0 aromatic carbocycles. The van der Waals surface area contributed by atoms with Gasteiger partial charge in [-0.3, -0.25) is 4.79 Å². The SMILES string of the molecule is CC(C)(C)c1nc2c([nH]1)CCCC2=O. The minimum absolute atomic E-state index is 0.00236. The Hall–Kier alpha value is -1.12. The zero-order chi connectivity index (χ0) is 10.3. The van der Waals surface area contributed by atoms with Gasteiger partial charge in [-0.1, -0.05) is 20.8 Å². The lowest BCUT2D eigenvalue weighted by atomic mass is 9.96. The second-order valence-corrected chi connectivity index (χ2v) is 4.94. The Morgan fingerprint density at radius 3 is 2.57 bits per heavy atom. The van der Waals surface area contributed by atoms with Crippen LogP contribution in [0, 0.1) is 0 Å². The highest BCUT2D eigenvalue weighted by atomic mass is 16.1. The van der Waals surface area contributed by atoms with Crippen LogP contribution in [0.25, 0.3) is 0 Å². The summed E-state index contributed by atoms with van der Waals surface area (Å²) in [5, 5.41) is 0. The van der Waals surface area contributed by atoms with E-state index in [1.165, 1.54) is 0 Å². The van der Waals surface area contributed by atoms with Crippen molar-refractivity contribution >= 4 is 5.78 Å². The molecule has 1 aromatic rings. The van der Waals surface area contributed by atoms with E-state index in [1.54, 1.807) is 0 Å². The second kappa shape index (κ2) is 2.94. The van der Waals surface area contributed by atoms with Crippen molar-refractivity contribution in [3.8, 4) is 0 Å². The summed E-state index contributed by atoms with van der Waals surface area (Å²) in [5.74, 6) is 1.12. The monoisotopic (exact) mass is 192 g/mol. The maximum atomic E-state index is 11.5. The van der Waals surface area contributed by atoms with E-state index in [0.29, 0.717) is 12.1 Å². The number of aryl methyl sites for hydroxylation is 1. The van der Waals surface area contributed by atoms with E-state index in [0.717, 1.165) is 24.4 Å². The van der Waals surface area contributed by atoms with Crippen molar-refractivity contribution in [2.75, 3.05) is 0 Å². The van der Waals surface area contributed by atoms with Gasteiger partial charge in [0.25, 0.3) is 0 Å². The number of imidazole rings is 1. The van der Waals surface area contributed by atoms with Crippen LogP contribution in [0.4, 0.5) is 0 Å². The molecule has 1 aliphatic carbocycles. The van der Waals surface area contributed by atoms with E-state index in [4.69, 9.17) is 0 Å². The lowest BCUT2D eigenvalue weighted by Gasteiger charge is -2.13. The first kappa shape index (κ1) is 9.44. The third kappa shape index (κ3) is 1.47. The van der Waals surface area contributed by atoms with Crippen molar-refractivity contribution in [3.63, 3.8) is 0 Å². The van der Waals surface area contributed by atoms with Gasteiger partial charge in [-0.05, 0) is 12.8 Å². The van der Waals surface area contributed by atoms with E-state index >= 15 is 0 Å². The molecule has 0 bridgehead atoms. The third-order valence-electron chi connectivity index (χ3n) is 2.58. The Balaban J connectivity index is 2.45. The summed E-state index contributed by atoms with van der Waals surface area (Å²) in [6.45, 7) is 6.30. The molecule has 0 aliphatic heterocycles. The molecular formula is C11H16N2O. The van der Waals surface area contributed by atoms with Gasteiger partial charge in [0.2, 0.25) is 0 Å².